The molecule has 0 spiro atoms. The molecule has 0 bridgehead atoms. The number of non-ortho nitro benzene ring substituents is 1. The molecule has 1 unspecified atom stereocenters. The van der Waals surface area contributed by atoms with Gasteiger partial charge in [0.25, 0.3) is 11.6 Å². The minimum absolute atomic E-state index is 0. The summed E-state index contributed by atoms with van der Waals surface area (Å²) in [5.41, 5.74) is 5.59. The second-order valence-electron chi connectivity index (χ2n) is 5.79. The van der Waals surface area contributed by atoms with Crippen LogP contribution in [0.4, 0.5) is 5.69 Å². The van der Waals surface area contributed by atoms with Gasteiger partial charge in [-0.3, -0.25) is 19.7 Å². The van der Waals surface area contributed by atoms with Gasteiger partial charge in [-0.2, -0.15) is 0 Å². The van der Waals surface area contributed by atoms with E-state index in [2.05, 4.69) is 10.6 Å². The summed E-state index contributed by atoms with van der Waals surface area (Å²) in [4.78, 5) is 34.3. The molecule has 140 valence electrons. The highest BCUT2D eigenvalue weighted by molar-refractivity contribution is 5.97. The molecule has 0 aromatic heterocycles. The van der Waals surface area contributed by atoms with E-state index in [1.807, 2.05) is 13.8 Å². The molecule has 1 aromatic rings. The molecule has 9 heteroatoms. The van der Waals surface area contributed by atoms with E-state index in [9.17, 15) is 19.7 Å². The van der Waals surface area contributed by atoms with Crippen LogP contribution in [0.15, 0.2) is 24.3 Å². The van der Waals surface area contributed by atoms with Gasteiger partial charge in [0.2, 0.25) is 5.91 Å². The van der Waals surface area contributed by atoms with Crippen LogP contribution in [0.5, 0.6) is 0 Å². The molecular weight excluding hydrogens is 348 g/mol. The summed E-state index contributed by atoms with van der Waals surface area (Å²) in [6.45, 7) is 5.75. The zero-order chi connectivity index (χ0) is 18.3. The third kappa shape index (κ3) is 6.67. The molecule has 1 aromatic carbocycles. The summed E-state index contributed by atoms with van der Waals surface area (Å²) >= 11 is 0. The third-order valence-electron chi connectivity index (χ3n) is 4.08. The average molecular weight is 373 g/mol. The zero-order valence-corrected chi connectivity index (χ0v) is 15.4. The summed E-state index contributed by atoms with van der Waals surface area (Å²) in [5.74, 6) is -0.906. The number of nitrogens with one attached hydrogen (secondary N) is 2. The van der Waals surface area contributed by atoms with E-state index in [0.717, 1.165) is 12.8 Å². The van der Waals surface area contributed by atoms with Crippen molar-refractivity contribution in [2.45, 2.75) is 45.2 Å². The van der Waals surface area contributed by atoms with E-state index in [0.29, 0.717) is 6.54 Å². The van der Waals surface area contributed by atoms with Crippen LogP contribution in [0, 0.1) is 10.1 Å². The predicted octanol–water partition coefficient (Wildman–Crippen LogP) is 1.77. The van der Waals surface area contributed by atoms with Crippen LogP contribution in [0.3, 0.4) is 0 Å². The fourth-order valence-electron chi connectivity index (χ4n) is 2.02. The number of amides is 2. The maximum Gasteiger partial charge on any atom is 0.270 e. The Morgan fingerprint density at radius 1 is 1.32 bits per heavy atom. The number of hydrogen-bond acceptors (Lipinski definition) is 5. The van der Waals surface area contributed by atoms with Crippen LogP contribution in [0.1, 0.15) is 44.0 Å². The Hall–Kier alpha value is -2.19. The van der Waals surface area contributed by atoms with Crippen molar-refractivity contribution in [3.8, 4) is 0 Å². The van der Waals surface area contributed by atoms with Crippen LogP contribution >= 0.6 is 12.4 Å². The van der Waals surface area contributed by atoms with Gasteiger partial charge in [-0.25, -0.2) is 0 Å². The number of rotatable bonds is 8. The van der Waals surface area contributed by atoms with Crippen molar-refractivity contribution in [1.82, 2.24) is 10.6 Å². The first kappa shape index (κ1) is 22.8. The van der Waals surface area contributed by atoms with E-state index < -0.39 is 22.4 Å². The average Bonchev–Trinajstić information content (AvgIpc) is 2.59. The molecule has 1 rings (SSSR count). The van der Waals surface area contributed by atoms with E-state index in [1.54, 1.807) is 6.92 Å². The highest BCUT2D eigenvalue weighted by atomic mass is 35.5. The molecule has 4 N–H and O–H groups in total. The van der Waals surface area contributed by atoms with Gasteiger partial charge in [0.1, 0.15) is 6.04 Å². The number of halogens is 1. The molecule has 0 fully saturated rings. The first-order valence-corrected chi connectivity index (χ1v) is 7.84. The summed E-state index contributed by atoms with van der Waals surface area (Å²) in [5, 5.41) is 16.0. The largest absolute Gasteiger partial charge is 0.352 e. The van der Waals surface area contributed by atoms with Gasteiger partial charge >= 0.3 is 0 Å². The number of carbonyl (C=O) groups excluding carboxylic acids is 2. The Kier molecular flexibility index (Phi) is 9.08. The fourth-order valence-corrected chi connectivity index (χ4v) is 2.02. The lowest BCUT2D eigenvalue weighted by Gasteiger charge is -2.27. The number of nitrogens with two attached hydrogens (primary N) is 1. The van der Waals surface area contributed by atoms with Gasteiger partial charge in [-0.05, 0) is 25.8 Å². The van der Waals surface area contributed by atoms with Gasteiger partial charge in [0, 0.05) is 29.8 Å². The first-order valence-electron chi connectivity index (χ1n) is 7.84. The van der Waals surface area contributed by atoms with Crippen molar-refractivity contribution in [3.63, 3.8) is 0 Å². The number of nitro benzene ring substituents is 1. The van der Waals surface area contributed by atoms with Gasteiger partial charge in [-0.15, -0.1) is 12.4 Å². The van der Waals surface area contributed by atoms with E-state index in [4.69, 9.17) is 5.73 Å². The van der Waals surface area contributed by atoms with Crippen molar-refractivity contribution >= 4 is 29.9 Å². The SMILES string of the molecule is CCC(N)(CC)CNC(=O)C(C)NC(=O)c1cccc([N+](=O)[O-])c1.Cl. The highest BCUT2D eigenvalue weighted by Crippen LogP contribution is 2.13. The van der Waals surface area contributed by atoms with Crippen molar-refractivity contribution in [3.05, 3.63) is 39.9 Å². The van der Waals surface area contributed by atoms with Crippen molar-refractivity contribution in [1.29, 1.82) is 0 Å². The monoisotopic (exact) mass is 372 g/mol. The summed E-state index contributed by atoms with van der Waals surface area (Å²) in [7, 11) is 0. The number of hydrogen-bond donors (Lipinski definition) is 3. The Labute approximate surface area is 153 Å². The zero-order valence-electron chi connectivity index (χ0n) is 14.6. The standard InChI is InChI=1S/C16H24N4O4.ClH/c1-4-16(17,5-2)10-18-14(21)11(3)19-15(22)12-7-6-8-13(9-12)20(23)24;/h6-9,11H,4-5,10,17H2,1-3H3,(H,18,21)(H,19,22);1H. The Bertz CT molecular complexity index is 620. The Morgan fingerprint density at radius 3 is 2.44 bits per heavy atom. The number of nitrogens with zero attached hydrogens (tertiary/aromatic N) is 1. The Morgan fingerprint density at radius 2 is 1.92 bits per heavy atom. The van der Waals surface area contributed by atoms with Crippen LogP contribution < -0.4 is 16.4 Å². The van der Waals surface area contributed by atoms with Gasteiger partial charge < -0.3 is 16.4 Å². The van der Waals surface area contributed by atoms with Crippen LogP contribution in [-0.4, -0.2) is 34.9 Å². The molecular formula is C16H25ClN4O4. The van der Waals surface area contributed by atoms with Crippen LogP contribution in [0.2, 0.25) is 0 Å². The molecule has 0 saturated carbocycles. The molecule has 0 heterocycles. The van der Waals surface area contributed by atoms with Crippen molar-refractivity contribution < 1.29 is 14.5 Å². The normalized spacial score (nSPS) is 11.8. The van der Waals surface area contributed by atoms with E-state index in [1.165, 1.54) is 24.3 Å². The number of benzene rings is 1. The smallest absolute Gasteiger partial charge is 0.270 e. The van der Waals surface area contributed by atoms with Crippen molar-refractivity contribution in [2.24, 2.45) is 5.73 Å². The highest BCUT2D eigenvalue weighted by Gasteiger charge is 2.23. The molecule has 0 aliphatic heterocycles. The molecule has 8 nitrogen and oxygen atoms in total. The lowest BCUT2D eigenvalue weighted by atomic mass is 9.94. The molecule has 2 amide bonds. The summed E-state index contributed by atoms with van der Waals surface area (Å²) < 4.78 is 0. The second kappa shape index (κ2) is 9.95. The number of nitro groups is 1. The van der Waals surface area contributed by atoms with Gasteiger partial charge in [-0.1, -0.05) is 19.9 Å². The molecule has 0 saturated heterocycles. The minimum Gasteiger partial charge on any atom is -0.352 e. The molecule has 0 radical (unpaired) electrons. The molecule has 0 aliphatic rings. The van der Waals surface area contributed by atoms with Crippen molar-refractivity contribution in [2.75, 3.05) is 6.54 Å². The van der Waals surface area contributed by atoms with E-state index >= 15 is 0 Å². The summed E-state index contributed by atoms with van der Waals surface area (Å²) in [6, 6.07) is 4.55. The molecule has 25 heavy (non-hydrogen) atoms. The fraction of sp³-hybridized carbons (Fsp3) is 0.500. The lowest BCUT2D eigenvalue weighted by Crippen LogP contribution is -2.53. The third-order valence-corrected chi connectivity index (χ3v) is 4.08. The van der Waals surface area contributed by atoms with E-state index in [-0.39, 0.29) is 29.6 Å². The Balaban J connectivity index is 0.00000576. The van der Waals surface area contributed by atoms with Crippen LogP contribution in [-0.2, 0) is 4.79 Å². The maximum absolute atomic E-state index is 12.1. The second-order valence-corrected chi connectivity index (χ2v) is 5.79. The van der Waals surface area contributed by atoms with Crippen LogP contribution in [0.25, 0.3) is 0 Å². The maximum atomic E-state index is 12.1. The molecule has 1 atom stereocenters. The summed E-state index contributed by atoms with van der Waals surface area (Å²) in [6.07, 6.45) is 1.44. The van der Waals surface area contributed by atoms with Gasteiger partial charge in [0.05, 0.1) is 4.92 Å². The minimum atomic E-state index is -0.783. The topological polar surface area (TPSA) is 127 Å². The number of carbonyl (C=O) groups is 2. The predicted molar refractivity (Wildman–Crippen MR) is 97.8 cm³/mol. The first-order chi connectivity index (χ1) is 11.2. The quantitative estimate of drug-likeness (QED) is 0.473. The van der Waals surface area contributed by atoms with Gasteiger partial charge in [0.15, 0.2) is 0 Å². The lowest BCUT2D eigenvalue weighted by molar-refractivity contribution is -0.384. The molecule has 0 aliphatic carbocycles.